The maximum absolute atomic E-state index is 12.7. The number of carbonyl (C=O) groups is 3. The first-order valence-corrected chi connectivity index (χ1v) is 11.7. The number of benzene rings is 3. The molecule has 0 saturated carbocycles. The van der Waals surface area contributed by atoms with Crippen LogP contribution < -0.4 is 10.6 Å². The molecule has 0 aliphatic heterocycles. The summed E-state index contributed by atoms with van der Waals surface area (Å²) in [5.41, 5.74) is 4.39. The van der Waals surface area contributed by atoms with Crippen molar-refractivity contribution in [3.63, 3.8) is 0 Å². The third kappa shape index (κ3) is 5.53. The van der Waals surface area contributed by atoms with E-state index >= 15 is 0 Å². The molecule has 1 aliphatic carbocycles. The van der Waals surface area contributed by atoms with Gasteiger partial charge in [-0.1, -0.05) is 83.3 Å². The zero-order chi connectivity index (χ0) is 25.1. The zero-order valence-corrected chi connectivity index (χ0v) is 20.3. The zero-order valence-electron chi connectivity index (χ0n) is 18.1. The first kappa shape index (κ1) is 24.9. The molecule has 7 nitrogen and oxygen atoms in total. The van der Waals surface area contributed by atoms with Crippen LogP contribution in [0.25, 0.3) is 11.1 Å². The largest absolute Gasteiger partial charge is 0.481 e. The number of halogens is 3. The molecule has 4 rings (SSSR count). The van der Waals surface area contributed by atoms with E-state index in [2.05, 4.69) is 10.6 Å². The van der Waals surface area contributed by atoms with E-state index in [0.29, 0.717) is 0 Å². The van der Waals surface area contributed by atoms with Gasteiger partial charge in [-0.15, -0.1) is 0 Å². The maximum Gasteiger partial charge on any atom is 0.407 e. The number of carboxylic acids is 1. The molecule has 3 aromatic rings. The lowest BCUT2D eigenvalue weighted by Gasteiger charge is -2.19. The summed E-state index contributed by atoms with van der Waals surface area (Å²) in [4.78, 5) is 36.6. The van der Waals surface area contributed by atoms with Crippen LogP contribution in [0.3, 0.4) is 0 Å². The maximum atomic E-state index is 12.7. The highest BCUT2D eigenvalue weighted by Crippen LogP contribution is 2.44. The minimum atomic E-state index is -1.41. The summed E-state index contributed by atoms with van der Waals surface area (Å²) in [5, 5.41) is 14.4. The van der Waals surface area contributed by atoms with Crippen molar-refractivity contribution in [2.45, 2.75) is 18.4 Å². The van der Waals surface area contributed by atoms with Crippen molar-refractivity contribution in [3.8, 4) is 11.1 Å². The van der Waals surface area contributed by atoms with Crippen molar-refractivity contribution in [1.29, 1.82) is 0 Å². The number of carboxylic acid groups (broad SMARTS) is 1. The third-order valence-electron chi connectivity index (χ3n) is 5.58. The number of nitrogens with one attached hydrogen (secondary N) is 2. The first-order valence-electron chi connectivity index (χ1n) is 10.5. The summed E-state index contributed by atoms with van der Waals surface area (Å²) >= 11 is 17.9. The Morgan fingerprint density at radius 1 is 0.914 bits per heavy atom. The second-order valence-electron chi connectivity index (χ2n) is 7.86. The Bertz CT molecular complexity index is 1250. The Labute approximate surface area is 215 Å². The number of carbonyl (C=O) groups excluding carboxylic acids is 2. The topological polar surface area (TPSA) is 105 Å². The molecule has 1 atom stereocenters. The Kier molecular flexibility index (Phi) is 7.50. The molecule has 0 fully saturated rings. The lowest BCUT2D eigenvalue weighted by molar-refractivity contribution is -0.139. The van der Waals surface area contributed by atoms with Crippen LogP contribution in [-0.2, 0) is 14.3 Å². The van der Waals surface area contributed by atoms with Gasteiger partial charge in [-0.25, -0.2) is 4.79 Å². The molecule has 35 heavy (non-hydrogen) atoms. The molecule has 0 spiro atoms. The van der Waals surface area contributed by atoms with E-state index in [0.717, 1.165) is 22.3 Å². The SMILES string of the molecule is O=C(O)CC(NC(=O)OCC1c2ccccc2-c2ccccc21)C(=O)Nc1cc(Cl)c(Cl)c(Cl)c1. The van der Waals surface area contributed by atoms with Gasteiger partial charge in [-0.05, 0) is 34.4 Å². The quantitative estimate of drug-likeness (QED) is 0.325. The van der Waals surface area contributed by atoms with Crippen LogP contribution in [-0.4, -0.2) is 35.7 Å². The molecule has 1 unspecified atom stereocenters. The molecule has 0 bridgehead atoms. The summed E-state index contributed by atoms with van der Waals surface area (Å²) in [5.74, 6) is -2.25. The van der Waals surface area contributed by atoms with Gasteiger partial charge in [0.2, 0.25) is 5.91 Å². The Balaban J connectivity index is 1.44. The summed E-state index contributed by atoms with van der Waals surface area (Å²) in [7, 11) is 0. The number of alkyl carbamates (subject to hydrolysis) is 1. The molecule has 0 radical (unpaired) electrons. The Morgan fingerprint density at radius 2 is 1.46 bits per heavy atom. The Morgan fingerprint density at radius 3 is 2.00 bits per heavy atom. The van der Waals surface area contributed by atoms with Crippen LogP contribution >= 0.6 is 34.8 Å². The van der Waals surface area contributed by atoms with Gasteiger partial charge < -0.3 is 20.5 Å². The molecule has 1 aliphatic rings. The average molecular weight is 534 g/mol. The molecule has 0 heterocycles. The molecule has 0 aromatic heterocycles. The monoisotopic (exact) mass is 532 g/mol. The van der Waals surface area contributed by atoms with Crippen molar-refractivity contribution in [1.82, 2.24) is 5.32 Å². The van der Waals surface area contributed by atoms with Crippen LogP contribution in [0.4, 0.5) is 10.5 Å². The van der Waals surface area contributed by atoms with Gasteiger partial charge in [0, 0.05) is 11.6 Å². The predicted octanol–water partition coefficient (Wildman–Crippen LogP) is 5.97. The van der Waals surface area contributed by atoms with Gasteiger partial charge >= 0.3 is 12.1 Å². The summed E-state index contributed by atoms with van der Waals surface area (Å²) in [6.45, 7) is 0.0175. The standard InChI is InChI=1S/C25H19Cl3N2O5/c26-19-9-13(10-20(27)23(19)28)29-24(33)21(11-22(31)32)30-25(34)35-12-18-16-7-3-1-5-14(16)15-6-2-4-8-17(15)18/h1-10,18,21H,11-12H2,(H,29,33)(H,30,34)(H,31,32). The number of amides is 2. The highest BCUT2D eigenvalue weighted by Gasteiger charge is 2.30. The van der Waals surface area contributed by atoms with Crippen molar-refractivity contribution in [2.75, 3.05) is 11.9 Å². The van der Waals surface area contributed by atoms with E-state index in [9.17, 15) is 19.5 Å². The van der Waals surface area contributed by atoms with Gasteiger partial charge in [-0.3, -0.25) is 9.59 Å². The highest BCUT2D eigenvalue weighted by molar-refractivity contribution is 6.48. The molecule has 10 heteroatoms. The van der Waals surface area contributed by atoms with Crippen molar-refractivity contribution in [3.05, 3.63) is 86.9 Å². The van der Waals surface area contributed by atoms with Crippen LogP contribution in [0.1, 0.15) is 23.5 Å². The van der Waals surface area contributed by atoms with E-state index in [1.165, 1.54) is 12.1 Å². The minimum Gasteiger partial charge on any atom is -0.481 e. The van der Waals surface area contributed by atoms with Crippen LogP contribution in [0.15, 0.2) is 60.7 Å². The van der Waals surface area contributed by atoms with Crippen molar-refractivity contribution < 1.29 is 24.2 Å². The number of fused-ring (bicyclic) bond motifs is 3. The van der Waals surface area contributed by atoms with Crippen molar-refractivity contribution >= 4 is 58.5 Å². The number of hydrogen-bond acceptors (Lipinski definition) is 4. The van der Waals surface area contributed by atoms with Crippen LogP contribution in [0.5, 0.6) is 0 Å². The van der Waals surface area contributed by atoms with Gasteiger partial charge in [0.05, 0.1) is 21.5 Å². The van der Waals surface area contributed by atoms with E-state index in [1.807, 2.05) is 48.5 Å². The van der Waals surface area contributed by atoms with Gasteiger partial charge in [0.1, 0.15) is 12.6 Å². The number of ether oxygens (including phenoxy) is 1. The fourth-order valence-electron chi connectivity index (χ4n) is 4.02. The summed E-state index contributed by atoms with van der Waals surface area (Å²) in [6, 6.07) is 17.0. The highest BCUT2D eigenvalue weighted by atomic mass is 35.5. The average Bonchev–Trinajstić information content (AvgIpc) is 3.14. The second kappa shape index (κ2) is 10.6. The molecule has 3 aromatic carbocycles. The van der Waals surface area contributed by atoms with E-state index in [4.69, 9.17) is 39.5 Å². The Hall–Kier alpha value is -3.26. The number of rotatable bonds is 7. The first-order chi connectivity index (χ1) is 16.7. The van der Waals surface area contributed by atoms with Crippen molar-refractivity contribution in [2.24, 2.45) is 0 Å². The molecule has 180 valence electrons. The van der Waals surface area contributed by atoms with E-state index in [-0.39, 0.29) is 33.3 Å². The summed E-state index contributed by atoms with van der Waals surface area (Å²) < 4.78 is 5.42. The van der Waals surface area contributed by atoms with Crippen LogP contribution in [0, 0.1) is 0 Å². The van der Waals surface area contributed by atoms with Gasteiger partial charge in [0.15, 0.2) is 0 Å². The predicted molar refractivity (Wildman–Crippen MR) is 134 cm³/mol. The molecule has 0 saturated heterocycles. The fraction of sp³-hybridized carbons (Fsp3) is 0.160. The third-order valence-corrected chi connectivity index (χ3v) is 6.78. The van der Waals surface area contributed by atoms with Gasteiger partial charge in [0.25, 0.3) is 0 Å². The van der Waals surface area contributed by atoms with E-state index < -0.39 is 30.4 Å². The molecule has 2 amide bonds. The smallest absolute Gasteiger partial charge is 0.407 e. The number of anilines is 1. The van der Waals surface area contributed by atoms with E-state index in [1.54, 1.807) is 0 Å². The fourth-order valence-corrected chi connectivity index (χ4v) is 4.62. The summed E-state index contributed by atoms with van der Waals surface area (Å²) in [6.07, 6.45) is -1.58. The number of hydrogen-bond donors (Lipinski definition) is 3. The second-order valence-corrected chi connectivity index (χ2v) is 9.06. The molecule has 3 N–H and O–H groups in total. The molecular weight excluding hydrogens is 515 g/mol. The van der Waals surface area contributed by atoms with Crippen LogP contribution in [0.2, 0.25) is 15.1 Å². The van der Waals surface area contributed by atoms with Gasteiger partial charge in [-0.2, -0.15) is 0 Å². The number of aliphatic carboxylic acids is 1. The molecular formula is C25H19Cl3N2O5. The lowest BCUT2D eigenvalue weighted by Crippen LogP contribution is -2.45. The minimum absolute atomic E-state index is 0.0175. The normalized spacial score (nSPS) is 12.9. The lowest BCUT2D eigenvalue weighted by atomic mass is 9.98.